The van der Waals surface area contributed by atoms with Gasteiger partial charge in [-0.15, -0.1) is 0 Å². The van der Waals surface area contributed by atoms with Gasteiger partial charge in [0, 0.05) is 42.5 Å². The molecule has 0 bridgehead atoms. The maximum Gasteiger partial charge on any atom is 0.139 e. The van der Waals surface area contributed by atoms with Crippen LogP contribution in [0.2, 0.25) is 0 Å². The first-order valence-corrected chi connectivity index (χ1v) is 6.54. The molecule has 0 unspecified atom stereocenters. The lowest BCUT2D eigenvalue weighted by Crippen LogP contribution is -2.17. The summed E-state index contributed by atoms with van der Waals surface area (Å²) in [6.07, 6.45) is 7.61. The Hall–Kier alpha value is -2.61. The van der Waals surface area contributed by atoms with Gasteiger partial charge in [-0.05, 0) is 26.0 Å². The molecule has 0 aromatic carbocycles. The van der Waals surface area contributed by atoms with E-state index < -0.39 is 0 Å². The molecule has 0 atom stereocenters. The van der Waals surface area contributed by atoms with Gasteiger partial charge < -0.3 is 4.98 Å². The molecule has 0 radical (unpaired) electrons. The van der Waals surface area contributed by atoms with E-state index in [9.17, 15) is 0 Å². The second-order valence-corrected chi connectivity index (χ2v) is 4.36. The highest BCUT2D eigenvalue weighted by Gasteiger charge is 2.09. The third kappa shape index (κ3) is 3.04. The van der Waals surface area contributed by atoms with Gasteiger partial charge in [-0.1, -0.05) is 6.08 Å². The van der Waals surface area contributed by atoms with Gasteiger partial charge in [0.1, 0.15) is 5.65 Å². The van der Waals surface area contributed by atoms with E-state index in [0.29, 0.717) is 6.42 Å². The molecule has 0 saturated carbocycles. The molecule has 2 aromatic heterocycles. The molecule has 102 valence electrons. The number of hydrogen-bond acceptors (Lipinski definition) is 4. The van der Waals surface area contributed by atoms with Crippen molar-refractivity contribution in [2.45, 2.75) is 20.3 Å². The van der Waals surface area contributed by atoms with Gasteiger partial charge in [-0.25, -0.2) is 4.98 Å². The topological polar surface area (TPSA) is 68.1 Å². The second-order valence-electron chi connectivity index (χ2n) is 4.36. The lowest BCUT2D eigenvalue weighted by molar-refractivity contribution is 0.891. The van der Waals surface area contributed by atoms with Gasteiger partial charge in [-0.2, -0.15) is 10.4 Å². The van der Waals surface area contributed by atoms with Gasteiger partial charge in [0.2, 0.25) is 0 Å². The number of hydrazone groups is 1. The van der Waals surface area contributed by atoms with Gasteiger partial charge >= 0.3 is 0 Å². The highest BCUT2D eigenvalue weighted by Crippen LogP contribution is 2.24. The van der Waals surface area contributed by atoms with Crippen LogP contribution in [0.5, 0.6) is 0 Å². The minimum Gasteiger partial charge on any atom is -0.346 e. The Morgan fingerprint density at radius 3 is 3.15 bits per heavy atom. The van der Waals surface area contributed by atoms with Crippen LogP contribution in [0.4, 0.5) is 5.69 Å². The van der Waals surface area contributed by atoms with Crippen LogP contribution in [-0.2, 0) is 0 Å². The Balaban J connectivity index is 2.28. The summed E-state index contributed by atoms with van der Waals surface area (Å²) in [5.41, 5.74) is 2.85. The molecule has 0 amide bonds. The van der Waals surface area contributed by atoms with Crippen molar-refractivity contribution in [3.63, 3.8) is 0 Å². The van der Waals surface area contributed by atoms with Crippen molar-refractivity contribution in [2.24, 2.45) is 5.10 Å². The first-order chi connectivity index (χ1) is 9.76. The van der Waals surface area contributed by atoms with Gasteiger partial charge in [0.15, 0.2) is 0 Å². The highest BCUT2D eigenvalue weighted by atomic mass is 15.5. The standard InChI is InChI=1S/C15H17N5/c1-3-20(19-12(2)6-4-5-9-16)14-8-11-18-15-13(14)7-10-17-15/h4-5,7-8,10-11H,3,6H2,1-2H3,(H,17,18)/b5-4+,19-12-. The van der Waals surface area contributed by atoms with E-state index in [2.05, 4.69) is 22.0 Å². The first-order valence-electron chi connectivity index (χ1n) is 6.54. The molecular formula is C15H17N5. The summed E-state index contributed by atoms with van der Waals surface area (Å²) in [6, 6.07) is 5.94. The predicted octanol–water partition coefficient (Wildman–Crippen LogP) is 3.23. The second kappa shape index (κ2) is 6.53. The Morgan fingerprint density at radius 2 is 2.40 bits per heavy atom. The highest BCUT2D eigenvalue weighted by molar-refractivity contribution is 5.91. The number of fused-ring (bicyclic) bond motifs is 1. The fraction of sp³-hybridized carbons (Fsp3) is 0.267. The summed E-state index contributed by atoms with van der Waals surface area (Å²) in [5.74, 6) is 0. The van der Waals surface area contributed by atoms with Crippen LogP contribution >= 0.6 is 0 Å². The Kier molecular flexibility index (Phi) is 4.51. The van der Waals surface area contributed by atoms with E-state index in [1.165, 1.54) is 6.08 Å². The molecule has 2 heterocycles. The monoisotopic (exact) mass is 267 g/mol. The minimum absolute atomic E-state index is 0.672. The van der Waals surface area contributed by atoms with E-state index >= 15 is 0 Å². The predicted molar refractivity (Wildman–Crippen MR) is 81.6 cm³/mol. The molecule has 2 rings (SSSR count). The van der Waals surface area contributed by atoms with Gasteiger partial charge in [0.05, 0.1) is 11.8 Å². The zero-order valence-corrected chi connectivity index (χ0v) is 11.7. The molecule has 0 fully saturated rings. The number of aromatic nitrogens is 2. The molecule has 20 heavy (non-hydrogen) atoms. The Bertz CT molecular complexity index is 675. The van der Waals surface area contributed by atoms with Crippen LogP contribution in [0.15, 0.2) is 41.8 Å². The van der Waals surface area contributed by atoms with Crippen molar-refractivity contribution < 1.29 is 0 Å². The molecule has 0 aliphatic heterocycles. The Morgan fingerprint density at radius 1 is 1.55 bits per heavy atom. The van der Waals surface area contributed by atoms with Crippen LogP contribution in [0.25, 0.3) is 11.0 Å². The number of H-pyrrole nitrogens is 1. The van der Waals surface area contributed by atoms with Gasteiger partial charge in [0.25, 0.3) is 0 Å². The summed E-state index contributed by atoms with van der Waals surface area (Å²) < 4.78 is 0. The summed E-state index contributed by atoms with van der Waals surface area (Å²) in [7, 11) is 0. The third-order valence-electron chi connectivity index (χ3n) is 2.91. The summed E-state index contributed by atoms with van der Waals surface area (Å²) in [5, 5.41) is 16.1. The third-order valence-corrected chi connectivity index (χ3v) is 2.91. The number of pyridine rings is 1. The van der Waals surface area contributed by atoms with Crippen LogP contribution in [-0.4, -0.2) is 22.2 Å². The SMILES string of the molecule is CCN(/N=C(/C)C/C=C/C#N)c1ccnc2[nH]ccc12. The molecule has 1 N–H and O–H groups in total. The fourth-order valence-electron chi connectivity index (χ4n) is 2.00. The number of anilines is 1. The van der Waals surface area contributed by atoms with Crippen molar-refractivity contribution in [1.29, 1.82) is 5.26 Å². The number of aromatic amines is 1. The molecule has 5 heteroatoms. The smallest absolute Gasteiger partial charge is 0.139 e. The number of nitrogens with one attached hydrogen (secondary N) is 1. The van der Waals surface area contributed by atoms with Crippen molar-refractivity contribution in [2.75, 3.05) is 11.6 Å². The number of nitrogens with zero attached hydrogens (tertiary/aromatic N) is 4. The van der Waals surface area contributed by atoms with Gasteiger partial charge in [-0.3, -0.25) is 5.01 Å². The van der Waals surface area contributed by atoms with Crippen LogP contribution in [0.1, 0.15) is 20.3 Å². The molecule has 2 aromatic rings. The maximum absolute atomic E-state index is 8.48. The minimum atomic E-state index is 0.672. The molecule has 0 aliphatic carbocycles. The van der Waals surface area contributed by atoms with E-state index in [4.69, 9.17) is 5.26 Å². The van der Waals surface area contributed by atoms with E-state index in [1.54, 1.807) is 6.20 Å². The first kappa shape index (κ1) is 13.8. The van der Waals surface area contributed by atoms with Crippen molar-refractivity contribution in [3.05, 3.63) is 36.7 Å². The van der Waals surface area contributed by atoms with Crippen LogP contribution in [0, 0.1) is 11.3 Å². The van der Waals surface area contributed by atoms with Crippen molar-refractivity contribution >= 4 is 22.4 Å². The van der Waals surface area contributed by atoms with Crippen LogP contribution < -0.4 is 5.01 Å². The number of hydrogen-bond donors (Lipinski definition) is 1. The number of allylic oxidation sites excluding steroid dienone is 2. The zero-order chi connectivity index (χ0) is 14.4. The van der Waals surface area contributed by atoms with E-state index in [0.717, 1.165) is 29.0 Å². The Labute approximate surface area is 118 Å². The summed E-state index contributed by atoms with van der Waals surface area (Å²) in [6.45, 7) is 4.78. The zero-order valence-electron chi connectivity index (χ0n) is 11.7. The largest absolute Gasteiger partial charge is 0.346 e. The quantitative estimate of drug-likeness (QED) is 0.513. The van der Waals surface area contributed by atoms with E-state index in [1.807, 2.05) is 42.4 Å². The molecular weight excluding hydrogens is 250 g/mol. The van der Waals surface area contributed by atoms with Crippen molar-refractivity contribution in [1.82, 2.24) is 9.97 Å². The number of nitriles is 1. The average molecular weight is 267 g/mol. The summed E-state index contributed by atoms with van der Waals surface area (Å²) in [4.78, 5) is 7.38. The molecule has 0 spiro atoms. The molecule has 5 nitrogen and oxygen atoms in total. The van der Waals surface area contributed by atoms with E-state index in [-0.39, 0.29) is 0 Å². The van der Waals surface area contributed by atoms with Crippen LogP contribution in [0.3, 0.4) is 0 Å². The summed E-state index contributed by atoms with van der Waals surface area (Å²) >= 11 is 0. The lowest BCUT2D eigenvalue weighted by atomic mass is 10.2. The maximum atomic E-state index is 8.48. The van der Waals surface area contributed by atoms with Crippen molar-refractivity contribution in [3.8, 4) is 6.07 Å². The molecule has 0 saturated heterocycles. The lowest BCUT2D eigenvalue weighted by Gasteiger charge is -2.18. The molecule has 0 aliphatic rings. The fourth-order valence-corrected chi connectivity index (χ4v) is 2.00. The number of rotatable bonds is 5. The normalized spacial score (nSPS) is 11.9. The average Bonchev–Trinajstić information content (AvgIpc) is 2.93.